The van der Waals surface area contributed by atoms with Crippen LogP contribution in [0.2, 0.25) is 0 Å². The van der Waals surface area contributed by atoms with Crippen molar-refractivity contribution in [2.45, 2.75) is 90.0 Å². The fourth-order valence-electron chi connectivity index (χ4n) is 8.09. The zero-order chi connectivity index (χ0) is 31.7. The number of Topliss-reactive ketones (excluding diaryl/α,β-unsaturated/α-hetero) is 1. The normalized spacial score (nSPS) is 39.6. The van der Waals surface area contributed by atoms with Crippen LogP contribution in [-0.4, -0.2) is 83.4 Å². The Morgan fingerprint density at radius 1 is 1.07 bits per heavy atom. The van der Waals surface area contributed by atoms with Gasteiger partial charge in [0.25, 0.3) is 0 Å². The molecule has 2 N–H and O–H groups in total. The van der Waals surface area contributed by atoms with Gasteiger partial charge in [0.05, 0.1) is 36.7 Å². The summed E-state index contributed by atoms with van der Waals surface area (Å²) in [7, 11) is 1.14. The van der Waals surface area contributed by atoms with Crippen molar-refractivity contribution in [3.8, 4) is 0 Å². The number of fused-ring (bicyclic) bond motifs is 5. The molecule has 2 bridgehead atoms. The minimum Gasteiger partial charge on any atom is -0.455 e. The van der Waals surface area contributed by atoms with Crippen LogP contribution < -0.4 is 0 Å². The lowest BCUT2D eigenvalue weighted by Crippen LogP contribution is -2.81. The van der Waals surface area contributed by atoms with Crippen molar-refractivity contribution in [1.29, 1.82) is 0 Å². The van der Waals surface area contributed by atoms with Gasteiger partial charge in [0.1, 0.15) is 17.8 Å². The Balaban J connectivity index is 1.84. The first-order valence-electron chi connectivity index (χ1n) is 14.5. The average Bonchev–Trinajstić information content (AvgIpc) is 2.95. The summed E-state index contributed by atoms with van der Waals surface area (Å²) in [5.74, 6) is -3.82. The van der Waals surface area contributed by atoms with Gasteiger partial charge in [-0.3, -0.25) is 9.59 Å². The van der Waals surface area contributed by atoms with Crippen LogP contribution in [0.1, 0.15) is 64.7 Å². The number of aliphatic hydroxyl groups excluding tert-OH is 1. The lowest BCUT2D eigenvalue weighted by molar-refractivity contribution is -0.343. The van der Waals surface area contributed by atoms with E-state index >= 15 is 0 Å². The number of carbonyl (C=O) groups is 4. The number of carbonyl (C=O) groups excluding carboxylic acids is 4. The zero-order valence-corrected chi connectivity index (χ0v) is 25.5. The summed E-state index contributed by atoms with van der Waals surface area (Å²) in [6.45, 7) is 9.59. The molecule has 1 saturated heterocycles. The first-order valence-corrected chi connectivity index (χ1v) is 14.5. The van der Waals surface area contributed by atoms with E-state index in [1.165, 1.54) is 13.8 Å². The number of hydrogen-bond donors (Lipinski definition) is 2. The number of ketones is 1. The van der Waals surface area contributed by atoms with Crippen LogP contribution in [0.3, 0.4) is 0 Å². The number of methoxy groups -OCH3 is 1. The molecule has 9 atom stereocenters. The number of rotatable bonds is 4. The smallest absolute Gasteiger partial charge is 0.455 e. The third kappa shape index (κ3) is 4.34. The second-order valence-electron chi connectivity index (χ2n) is 13.1. The molecule has 1 aromatic carbocycles. The molecule has 1 aliphatic heterocycles. The summed E-state index contributed by atoms with van der Waals surface area (Å²) in [6, 6.07) is 8.20. The molecular weight excluding hydrogens is 560 g/mol. The van der Waals surface area contributed by atoms with E-state index in [4.69, 9.17) is 23.7 Å². The third-order valence-electron chi connectivity index (χ3n) is 10.7. The fraction of sp³-hybridized carbons (Fsp3) is 0.625. The maximum absolute atomic E-state index is 14.9. The number of aliphatic hydroxyl groups is 2. The maximum atomic E-state index is 14.9. The average molecular weight is 601 g/mol. The molecule has 3 aliphatic carbocycles. The maximum Gasteiger partial charge on any atom is 0.508 e. The van der Waals surface area contributed by atoms with E-state index in [2.05, 4.69) is 0 Å². The summed E-state index contributed by atoms with van der Waals surface area (Å²) in [6.07, 6.45) is -6.37. The molecule has 0 amide bonds. The van der Waals surface area contributed by atoms with Gasteiger partial charge < -0.3 is 33.9 Å². The predicted octanol–water partition coefficient (Wildman–Crippen LogP) is 3.15. The van der Waals surface area contributed by atoms with Crippen molar-refractivity contribution >= 4 is 23.9 Å². The van der Waals surface area contributed by atoms with E-state index in [0.29, 0.717) is 5.57 Å². The molecule has 1 heterocycles. The van der Waals surface area contributed by atoms with Gasteiger partial charge in [0.2, 0.25) is 0 Å². The van der Waals surface area contributed by atoms with Gasteiger partial charge in [-0.15, -0.1) is 0 Å². The highest BCUT2D eigenvalue weighted by molar-refractivity contribution is 5.95. The van der Waals surface area contributed by atoms with Crippen LogP contribution in [-0.2, 0) is 33.3 Å². The lowest BCUT2D eigenvalue weighted by atomic mass is 9.44. The Bertz CT molecular complexity index is 1370. The standard InChI is InChI=1S/C32H40O11/c1-16-14-32(38)26(42-27(36)19-11-9-8-10-12-19)24-30(6,20(34)13-21-31(24,15-40-21)43-28(37)39-7)25(35)23(41-18(3)33)22(17(16)2)29(32,4)5/h8-12,16,20-21,23-24,26,34,38H,13-15H2,1-7H3/t16-,20-,21+,23+,24?,26?,30+,31-,32+/m0/s1. The van der Waals surface area contributed by atoms with Gasteiger partial charge in [-0.1, -0.05) is 44.5 Å². The Morgan fingerprint density at radius 2 is 1.72 bits per heavy atom. The van der Waals surface area contributed by atoms with E-state index in [0.717, 1.165) is 12.7 Å². The second-order valence-corrected chi connectivity index (χ2v) is 13.1. The van der Waals surface area contributed by atoms with E-state index in [9.17, 15) is 29.4 Å². The molecule has 2 saturated carbocycles. The van der Waals surface area contributed by atoms with Crippen molar-refractivity contribution in [3.63, 3.8) is 0 Å². The monoisotopic (exact) mass is 600 g/mol. The van der Waals surface area contributed by atoms with Crippen molar-refractivity contribution in [2.75, 3.05) is 13.7 Å². The summed E-state index contributed by atoms with van der Waals surface area (Å²) in [5.41, 5.74) is -5.36. The molecule has 5 rings (SSSR count). The molecule has 3 fully saturated rings. The molecule has 0 spiro atoms. The SMILES string of the molecule is COC(=O)O[C@@]12CO[C@@H]1C[C@H](O)[C@@]1(C)C(=O)[C@H](OC(C)=O)C3=C(C)[C@@H](C)C[C@@](O)(C(OC(=O)c4ccccc4)C12)C3(C)C. The largest absolute Gasteiger partial charge is 0.508 e. The lowest BCUT2D eigenvalue weighted by Gasteiger charge is -2.67. The number of allylic oxidation sites excluding steroid dienone is 1. The van der Waals surface area contributed by atoms with Crippen LogP contribution in [0.4, 0.5) is 4.79 Å². The molecule has 11 nitrogen and oxygen atoms in total. The van der Waals surface area contributed by atoms with Crippen LogP contribution in [0, 0.1) is 22.7 Å². The van der Waals surface area contributed by atoms with E-state index in [1.54, 1.807) is 44.2 Å². The van der Waals surface area contributed by atoms with E-state index in [1.807, 2.05) is 13.8 Å². The summed E-state index contributed by atoms with van der Waals surface area (Å²) < 4.78 is 28.6. The first-order chi connectivity index (χ1) is 20.1. The van der Waals surface area contributed by atoms with Crippen molar-refractivity contribution in [3.05, 3.63) is 47.0 Å². The van der Waals surface area contributed by atoms with Crippen molar-refractivity contribution in [2.24, 2.45) is 22.7 Å². The summed E-state index contributed by atoms with van der Waals surface area (Å²) in [5, 5.41) is 24.8. The molecule has 1 aromatic rings. The van der Waals surface area contributed by atoms with Crippen molar-refractivity contribution < 1.29 is 53.1 Å². The summed E-state index contributed by atoms with van der Waals surface area (Å²) >= 11 is 0. The highest BCUT2D eigenvalue weighted by Crippen LogP contribution is 2.64. The van der Waals surface area contributed by atoms with Gasteiger partial charge in [-0.05, 0) is 43.9 Å². The van der Waals surface area contributed by atoms with Gasteiger partial charge in [0, 0.05) is 18.8 Å². The van der Waals surface area contributed by atoms with Gasteiger partial charge >= 0.3 is 18.1 Å². The third-order valence-corrected chi connectivity index (χ3v) is 10.7. The molecule has 11 heteroatoms. The van der Waals surface area contributed by atoms with Gasteiger partial charge in [-0.2, -0.15) is 0 Å². The molecular formula is C32H40O11. The Morgan fingerprint density at radius 3 is 2.28 bits per heavy atom. The molecule has 234 valence electrons. The Labute approximate surface area is 250 Å². The highest BCUT2D eigenvalue weighted by Gasteiger charge is 2.78. The highest BCUT2D eigenvalue weighted by atomic mass is 16.8. The molecule has 2 unspecified atom stereocenters. The minimum atomic E-state index is -1.90. The van der Waals surface area contributed by atoms with Crippen LogP contribution in [0.15, 0.2) is 41.5 Å². The van der Waals surface area contributed by atoms with Gasteiger partial charge in [0.15, 0.2) is 17.5 Å². The zero-order valence-electron chi connectivity index (χ0n) is 25.5. The number of esters is 2. The molecule has 0 radical (unpaired) electrons. The first kappa shape index (κ1) is 31.2. The molecule has 43 heavy (non-hydrogen) atoms. The minimum absolute atomic E-state index is 0.0888. The van der Waals surface area contributed by atoms with Crippen LogP contribution >= 0.6 is 0 Å². The fourth-order valence-corrected chi connectivity index (χ4v) is 8.09. The van der Waals surface area contributed by atoms with Crippen LogP contribution in [0.25, 0.3) is 0 Å². The Hall–Kier alpha value is -3.28. The molecule has 0 aromatic heterocycles. The topological polar surface area (TPSA) is 155 Å². The number of hydrogen-bond acceptors (Lipinski definition) is 11. The Kier molecular flexibility index (Phi) is 7.55. The number of benzene rings is 1. The van der Waals surface area contributed by atoms with Gasteiger partial charge in [-0.25, -0.2) is 9.59 Å². The summed E-state index contributed by atoms with van der Waals surface area (Å²) in [4.78, 5) is 53.9. The predicted molar refractivity (Wildman–Crippen MR) is 150 cm³/mol. The van der Waals surface area contributed by atoms with Crippen LogP contribution in [0.5, 0.6) is 0 Å². The number of ether oxygens (including phenoxy) is 5. The van der Waals surface area contributed by atoms with E-state index < -0.39 is 76.2 Å². The van der Waals surface area contributed by atoms with Crippen molar-refractivity contribution in [1.82, 2.24) is 0 Å². The molecule has 4 aliphatic rings. The van der Waals surface area contributed by atoms with E-state index in [-0.39, 0.29) is 30.9 Å². The quantitative estimate of drug-likeness (QED) is 0.297. The second kappa shape index (κ2) is 10.4.